The zero-order valence-electron chi connectivity index (χ0n) is 13.2. The third-order valence-corrected chi connectivity index (χ3v) is 4.57. The van der Waals surface area contributed by atoms with Gasteiger partial charge in [0.25, 0.3) is 0 Å². The predicted molar refractivity (Wildman–Crippen MR) is 91.9 cm³/mol. The molecule has 1 nitrogen and oxygen atoms in total. The summed E-state index contributed by atoms with van der Waals surface area (Å²) in [6.07, 6.45) is 14.4. The molecule has 0 spiro atoms. The third-order valence-electron chi connectivity index (χ3n) is 3.87. The minimum Gasteiger partial charge on any atom is -0.508 e. The van der Waals surface area contributed by atoms with Gasteiger partial charge in [-0.1, -0.05) is 44.6 Å². The summed E-state index contributed by atoms with van der Waals surface area (Å²) in [5.41, 5.74) is 2.61. The van der Waals surface area contributed by atoms with Crippen molar-refractivity contribution in [2.45, 2.75) is 64.7 Å². The van der Waals surface area contributed by atoms with Crippen LogP contribution in [0.1, 0.15) is 62.5 Å². The fourth-order valence-corrected chi connectivity index (χ4v) is 3.08. The summed E-state index contributed by atoms with van der Waals surface area (Å²) in [4.78, 5) is 0. The molecule has 0 saturated heterocycles. The highest BCUT2D eigenvalue weighted by atomic mass is 32.2. The highest BCUT2D eigenvalue weighted by Gasteiger charge is 1.99. The van der Waals surface area contributed by atoms with Crippen LogP contribution in [0.2, 0.25) is 0 Å². The van der Waals surface area contributed by atoms with E-state index in [0.717, 1.165) is 6.42 Å². The van der Waals surface area contributed by atoms with E-state index in [2.05, 4.69) is 19.2 Å². The minimum absolute atomic E-state index is 0.382. The number of phenolic OH excluding ortho intramolecular Hbond substituents is 1. The van der Waals surface area contributed by atoms with Gasteiger partial charge in [0.1, 0.15) is 5.75 Å². The van der Waals surface area contributed by atoms with Gasteiger partial charge in [0.2, 0.25) is 0 Å². The quantitative estimate of drug-likeness (QED) is 0.526. The lowest BCUT2D eigenvalue weighted by atomic mass is 10.0. The lowest BCUT2D eigenvalue weighted by Gasteiger charge is -2.06. The fraction of sp³-hybridized carbons (Fsp3) is 0.667. The standard InChI is InChI=1S/C18H30OS/c1-16-15-18(19)13-12-17(16)11-9-7-5-3-4-6-8-10-14-20-2/h12-13,15,19H,3-11,14H2,1-2H3. The summed E-state index contributed by atoms with van der Waals surface area (Å²) in [7, 11) is 0. The molecule has 0 radical (unpaired) electrons. The number of unbranched alkanes of at least 4 members (excludes halogenated alkanes) is 7. The van der Waals surface area contributed by atoms with Crippen molar-refractivity contribution in [3.63, 3.8) is 0 Å². The van der Waals surface area contributed by atoms with Gasteiger partial charge in [-0.3, -0.25) is 0 Å². The number of hydrogen-bond acceptors (Lipinski definition) is 2. The SMILES string of the molecule is CSCCCCCCCCCCc1ccc(O)cc1C. The summed E-state index contributed by atoms with van der Waals surface area (Å²) in [6, 6.07) is 5.73. The van der Waals surface area contributed by atoms with E-state index in [9.17, 15) is 5.11 Å². The van der Waals surface area contributed by atoms with E-state index in [0.29, 0.717) is 5.75 Å². The summed E-state index contributed by atoms with van der Waals surface area (Å²) in [5.74, 6) is 1.71. The van der Waals surface area contributed by atoms with Crippen LogP contribution in [0.25, 0.3) is 0 Å². The van der Waals surface area contributed by atoms with E-state index in [1.165, 1.54) is 68.2 Å². The monoisotopic (exact) mass is 294 g/mol. The first-order valence-electron chi connectivity index (χ1n) is 8.01. The zero-order chi connectivity index (χ0) is 14.6. The maximum Gasteiger partial charge on any atom is 0.115 e. The molecule has 1 rings (SSSR count). The maximum atomic E-state index is 9.38. The lowest BCUT2D eigenvalue weighted by Crippen LogP contribution is -1.90. The molecule has 0 unspecified atom stereocenters. The molecule has 1 aromatic carbocycles. The number of aromatic hydroxyl groups is 1. The largest absolute Gasteiger partial charge is 0.508 e. The van der Waals surface area contributed by atoms with E-state index in [4.69, 9.17) is 0 Å². The Balaban J connectivity index is 1.97. The van der Waals surface area contributed by atoms with Crippen LogP contribution in [-0.4, -0.2) is 17.1 Å². The molecule has 114 valence electrons. The molecule has 20 heavy (non-hydrogen) atoms. The second-order valence-electron chi connectivity index (χ2n) is 5.68. The Labute approximate surface area is 129 Å². The number of phenols is 1. The topological polar surface area (TPSA) is 20.2 Å². The highest BCUT2D eigenvalue weighted by Crippen LogP contribution is 2.18. The normalized spacial score (nSPS) is 10.9. The van der Waals surface area contributed by atoms with Gasteiger partial charge in [-0.05, 0) is 61.5 Å². The Morgan fingerprint density at radius 3 is 2.10 bits per heavy atom. The number of rotatable bonds is 11. The molecule has 1 N–H and O–H groups in total. The number of aryl methyl sites for hydroxylation is 2. The van der Waals surface area contributed by atoms with Crippen LogP contribution < -0.4 is 0 Å². The van der Waals surface area contributed by atoms with E-state index >= 15 is 0 Å². The molecule has 0 aliphatic carbocycles. The Morgan fingerprint density at radius 2 is 1.50 bits per heavy atom. The van der Waals surface area contributed by atoms with Crippen molar-refractivity contribution in [3.8, 4) is 5.75 Å². The van der Waals surface area contributed by atoms with Crippen molar-refractivity contribution < 1.29 is 5.11 Å². The predicted octanol–water partition coefficient (Wildman–Crippen LogP) is 5.73. The minimum atomic E-state index is 0.382. The molecule has 0 heterocycles. The molecular weight excluding hydrogens is 264 g/mol. The van der Waals surface area contributed by atoms with Crippen molar-refractivity contribution in [1.82, 2.24) is 0 Å². The molecule has 0 atom stereocenters. The van der Waals surface area contributed by atoms with Crippen molar-refractivity contribution in [3.05, 3.63) is 29.3 Å². The number of thioether (sulfide) groups is 1. The van der Waals surface area contributed by atoms with Crippen LogP contribution >= 0.6 is 11.8 Å². The molecule has 0 bridgehead atoms. The Morgan fingerprint density at radius 1 is 0.900 bits per heavy atom. The zero-order valence-corrected chi connectivity index (χ0v) is 14.0. The van der Waals surface area contributed by atoms with Crippen molar-refractivity contribution in [2.24, 2.45) is 0 Å². The smallest absolute Gasteiger partial charge is 0.115 e. The van der Waals surface area contributed by atoms with Gasteiger partial charge in [-0.2, -0.15) is 11.8 Å². The molecule has 0 fully saturated rings. The van der Waals surface area contributed by atoms with Gasteiger partial charge < -0.3 is 5.11 Å². The maximum absolute atomic E-state index is 9.38. The van der Waals surface area contributed by atoms with Gasteiger partial charge in [-0.25, -0.2) is 0 Å². The summed E-state index contributed by atoms with van der Waals surface area (Å²) in [5, 5.41) is 9.38. The molecule has 0 saturated carbocycles. The molecule has 2 heteroatoms. The third kappa shape index (κ3) is 7.84. The van der Waals surface area contributed by atoms with Crippen molar-refractivity contribution in [1.29, 1.82) is 0 Å². The highest BCUT2D eigenvalue weighted by molar-refractivity contribution is 7.98. The van der Waals surface area contributed by atoms with Crippen molar-refractivity contribution >= 4 is 11.8 Å². The average molecular weight is 295 g/mol. The van der Waals surface area contributed by atoms with Gasteiger partial charge in [-0.15, -0.1) is 0 Å². The Hall–Kier alpha value is -0.630. The summed E-state index contributed by atoms with van der Waals surface area (Å²) >= 11 is 1.96. The summed E-state index contributed by atoms with van der Waals surface area (Å²) in [6.45, 7) is 2.09. The molecular formula is C18H30OS. The van der Waals surface area contributed by atoms with Crippen LogP contribution in [-0.2, 0) is 6.42 Å². The van der Waals surface area contributed by atoms with Gasteiger partial charge in [0, 0.05) is 0 Å². The van der Waals surface area contributed by atoms with Crippen LogP contribution in [0.5, 0.6) is 5.75 Å². The van der Waals surface area contributed by atoms with Gasteiger partial charge in [0.05, 0.1) is 0 Å². The van der Waals surface area contributed by atoms with E-state index < -0.39 is 0 Å². The van der Waals surface area contributed by atoms with Crippen molar-refractivity contribution in [2.75, 3.05) is 12.0 Å². The second-order valence-corrected chi connectivity index (χ2v) is 6.67. The van der Waals surface area contributed by atoms with E-state index in [1.54, 1.807) is 6.07 Å². The molecule has 0 aliphatic heterocycles. The van der Waals surface area contributed by atoms with Gasteiger partial charge in [0.15, 0.2) is 0 Å². The van der Waals surface area contributed by atoms with Crippen LogP contribution in [0.3, 0.4) is 0 Å². The Kier molecular flexibility index (Phi) is 9.65. The van der Waals surface area contributed by atoms with Crippen LogP contribution in [0.15, 0.2) is 18.2 Å². The summed E-state index contributed by atoms with van der Waals surface area (Å²) < 4.78 is 0. The molecule has 0 amide bonds. The second kappa shape index (κ2) is 11.1. The van der Waals surface area contributed by atoms with E-state index in [-0.39, 0.29) is 0 Å². The van der Waals surface area contributed by atoms with E-state index in [1.807, 2.05) is 17.8 Å². The number of hydrogen-bond donors (Lipinski definition) is 1. The van der Waals surface area contributed by atoms with Crippen LogP contribution in [0, 0.1) is 6.92 Å². The molecule has 0 aliphatic rings. The molecule has 1 aromatic rings. The fourth-order valence-electron chi connectivity index (χ4n) is 2.58. The number of benzene rings is 1. The Bertz CT molecular complexity index is 362. The molecule has 0 aromatic heterocycles. The first-order chi connectivity index (χ1) is 9.74. The average Bonchev–Trinajstić information content (AvgIpc) is 2.43. The van der Waals surface area contributed by atoms with Gasteiger partial charge >= 0.3 is 0 Å². The first kappa shape index (κ1) is 17.4. The first-order valence-corrected chi connectivity index (χ1v) is 9.41. The van der Waals surface area contributed by atoms with Crippen LogP contribution in [0.4, 0.5) is 0 Å². The lowest BCUT2D eigenvalue weighted by molar-refractivity contribution is 0.474.